The first-order valence-electron chi connectivity index (χ1n) is 5.89. The zero-order valence-corrected chi connectivity index (χ0v) is 11.9. The molecule has 0 fully saturated rings. The Morgan fingerprint density at radius 2 is 2.24 bits per heavy atom. The lowest BCUT2D eigenvalue weighted by molar-refractivity contribution is -0.132. The highest BCUT2D eigenvalue weighted by Gasteiger charge is 2.20. The second kappa shape index (κ2) is 5.65. The largest absolute Gasteiger partial charge is 0.338 e. The predicted octanol–water partition coefficient (Wildman–Crippen LogP) is 2.79. The number of amides is 1. The van der Waals surface area contributed by atoms with E-state index in [1.54, 1.807) is 16.2 Å². The van der Waals surface area contributed by atoms with E-state index in [2.05, 4.69) is 13.0 Å². The molecule has 1 aromatic rings. The highest BCUT2D eigenvalue weighted by molar-refractivity contribution is 7.10. The zero-order valence-electron chi connectivity index (χ0n) is 11.1. The third-order valence-corrected chi connectivity index (χ3v) is 3.96. The Labute approximate surface area is 108 Å². The van der Waals surface area contributed by atoms with Crippen molar-refractivity contribution in [3.05, 3.63) is 22.4 Å². The number of nitrogens with two attached hydrogens (primary N) is 1. The average Bonchev–Trinajstić information content (AvgIpc) is 2.76. The molecule has 96 valence electrons. The van der Waals surface area contributed by atoms with E-state index < -0.39 is 0 Å². The highest BCUT2D eigenvalue weighted by Crippen LogP contribution is 2.24. The molecular weight excluding hydrogens is 232 g/mol. The number of nitrogens with zero attached hydrogens (tertiary/aromatic N) is 1. The van der Waals surface area contributed by atoms with Crippen LogP contribution < -0.4 is 5.73 Å². The number of hydrogen-bond donors (Lipinski definition) is 1. The first-order chi connectivity index (χ1) is 7.81. The van der Waals surface area contributed by atoms with E-state index in [0.29, 0.717) is 12.8 Å². The van der Waals surface area contributed by atoms with E-state index in [1.807, 2.05) is 32.3 Å². The number of rotatable bonds is 5. The summed E-state index contributed by atoms with van der Waals surface area (Å²) in [5.41, 5.74) is 5.61. The van der Waals surface area contributed by atoms with Crippen LogP contribution in [0.25, 0.3) is 0 Å². The van der Waals surface area contributed by atoms with Gasteiger partial charge in [0.05, 0.1) is 6.04 Å². The van der Waals surface area contributed by atoms with Gasteiger partial charge < -0.3 is 10.6 Å². The quantitative estimate of drug-likeness (QED) is 0.878. The molecule has 0 aliphatic rings. The second-order valence-corrected chi connectivity index (χ2v) is 6.16. The molecule has 0 radical (unpaired) electrons. The van der Waals surface area contributed by atoms with Gasteiger partial charge in [0.15, 0.2) is 0 Å². The van der Waals surface area contributed by atoms with Crippen molar-refractivity contribution in [1.82, 2.24) is 4.90 Å². The maximum Gasteiger partial charge on any atom is 0.222 e. The Morgan fingerprint density at radius 1 is 1.59 bits per heavy atom. The molecular formula is C13H22N2OS. The van der Waals surface area contributed by atoms with Crippen LogP contribution in [0, 0.1) is 0 Å². The fraction of sp³-hybridized carbons (Fsp3) is 0.615. The molecule has 0 bridgehead atoms. The van der Waals surface area contributed by atoms with E-state index in [-0.39, 0.29) is 17.5 Å². The van der Waals surface area contributed by atoms with Gasteiger partial charge in [-0.15, -0.1) is 11.3 Å². The first-order valence-corrected chi connectivity index (χ1v) is 6.77. The van der Waals surface area contributed by atoms with Crippen molar-refractivity contribution in [3.63, 3.8) is 0 Å². The van der Waals surface area contributed by atoms with E-state index in [9.17, 15) is 4.79 Å². The Morgan fingerprint density at radius 3 is 2.71 bits per heavy atom. The van der Waals surface area contributed by atoms with Crippen molar-refractivity contribution >= 4 is 17.2 Å². The number of hydrogen-bond acceptors (Lipinski definition) is 3. The molecule has 1 aromatic heterocycles. The number of carbonyl (C=O) groups excluding carboxylic acids is 1. The Kier molecular flexibility index (Phi) is 4.71. The third-order valence-electron chi connectivity index (χ3n) is 2.91. The molecule has 0 aromatic carbocycles. The molecule has 3 nitrogen and oxygen atoms in total. The lowest BCUT2D eigenvalue weighted by Crippen LogP contribution is -2.35. The van der Waals surface area contributed by atoms with Crippen molar-refractivity contribution in [1.29, 1.82) is 0 Å². The standard InChI is InChI=1S/C13H22N2OS/c1-10(11-6-5-9-17-11)15(4)12(16)7-8-13(2,3)14/h5-6,9-10H,7-8,14H2,1-4H3. The van der Waals surface area contributed by atoms with Crippen LogP contribution >= 0.6 is 11.3 Å². The molecule has 1 rings (SSSR count). The van der Waals surface area contributed by atoms with E-state index in [0.717, 1.165) is 0 Å². The summed E-state index contributed by atoms with van der Waals surface area (Å²) in [6, 6.07) is 4.22. The first kappa shape index (κ1) is 14.2. The van der Waals surface area contributed by atoms with Crippen LogP contribution in [0.2, 0.25) is 0 Å². The highest BCUT2D eigenvalue weighted by atomic mass is 32.1. The Hall–Kier alpha value is -0.870. The van der Waals surface area contributed by atoms with Crippen molar-refractivity contribution in [2.75, 3.05) is 7.05 Å². The van der Waals surface area contributed by atoms with Gasteiger partial charge in [-0.2, -0.15) is 0 Å². The molecule has 1 heterocycles. The summed E-state index contributed by atoms with van der Waals surface area (Å²) in [6.45, 7) is 5.95. The minimum atomic E-state index is -0.275. The van der Waals surface area contributed by atoms with Gasteiger partial charge in [-0.1, -0.05) is 6.07 Å². The average molecular weight is 254 g/mol. The molecule has 4 heteroatoms. The van der Waals surface area contributed by atoms with Crippen LogP contribution in [0.5, 0.6) is 0 Å². The molecule has 1 amide bonds. The van der Waals surface area contributed by atoms with Gasteiger partial charge in [0.25, 0.3) is 0 Å². The van der Waals surface area contributed by atoms with Crippen molar-refractivity contribution in [2.24, 2.45) is 5.73 Å². The Balaban J connectivity index is 2.52. The second-order valence-electron chi connectivity index (χ2n) is 5.18. The van der Waals surface area contributed by atoms with Gasteiger partial charge in [0.2, 0.25) is 5.91 Å². The van der Waals surface area contributed by atoms with Crippen molar-refractivity contribution in [3.8, 4) is 0 Å². The summed E-state index contributed by atoms with van der Waals surface area (Å²) in [6.07, 6.45) is 1.23. The monoisotopic (exact) mass is 254 g/mol. The lowest BCUT2D eigenvalue weighted by Gasteiger charge is -2.26. The molecule has 0 aliphatic carbocycles. The van der Waals surface area contributed by atoms with Crippen LogP contribution in [0.1, 0.15) is 44.5 Å². The maximum absolute atomic E-state index is 12.0. The van der Waals surface area contributed by atoms with Crippen LogP contribution in [0.3, 0.4) is 0 Å². The summed E-state index contributed by atoms with van der Waals surface area (Å²) in [4.78, 5) is 15.0. The lowest BCUT2D eigenvalue weighted by atomic mass is 9.99. The van der Waals surface area contributed by atoms with Gasteiger partial charge in [0.1, 0.15) is 0 Å². The summed E-state index contributed by atoms with van der Waals surface area (Å²) < 4.78 is 0. The van der Waals surface area contributed by atoms with E-state index >= 15 is 0 Å². The van der Waals surface area contributed by atoms with E-state index in [4.69, 9.17) is 5.73 Å². The summed E-state index contributed by atoms with van der Waals surface area (Å²) in [5, 5.41) is 2.03. The van der Waals surface area contributed by atoms with Crippen LogP contribution in [-0.4, -0.2) is 23.4 Å². The summed E-state index contributed by atoms with van der Waals surface area (Å²) in [7, 11) is 1.86. The maximum atomic E-state index is 12.0. The molecule has 2 N–H and O–H groups in total. The van der Waals surface area contributed by atoms with Crippen LogP contribution in [-0.2, 0) is 4.79 Å². The van der Waals surface area contributed by atoms with Gasteiger partial charge in [-0.05, 0) is 38.6 Å². The molecule has 17 heavy (non-hydrogen) atoms. The van der Waals surface area contributed by atoms with Gasteiger partial charge in [-0.25, -0.2) is 0 Å². The summed E-state index contributed by atoms with van der Waals surface area (Å²) in [5.74, 6) is 0.157. The van der Waals surface area contributed by atoms with Crippen molar-refractivity contribution < 1.29 is 4.79 Å². The number of thiophene rings is 1. The van der Waals surface area contributed by atoms with Crippen LogP contribution in [0.15, 0.2) is 17.5 Å². The number of carbonyl (C=O) groups is 1. The van der Waals surface area contributed by atoms with Crippen molar-refractivity contribution in [2.45, 2.75) is 45.2 Å². The molecule has 1 atom stereocenters. The van der Waals surface area contributed by atoms with Gasteiger partial charge >= 0.3 is 0 Å². The van der Waals surface area contributed by atoms with Crippen LogP contribution in [0.4, 0.5) is 0 Å². The molecule has 0 spiro atoms. The van der Waals surface area contributed by atoms with Gasteiger partial charge in [0, 0.05) is 23.9 Å². The predicted molar refractivity (Wildman–Crippen MR) is 73.0 cm³/mol. The van der Waals surface area contributed by atoms with E-state index in [1.165, 1.54) is 4.88 Å². The molecule has 0 saturated carbocycles. The molecule has 0 saturated heterocycles. The fourth-order valence-corrected chi connectivity index (χ4v) is 2.37. The minimum Gasteiger partial charge on any atom is -0.338 e. The topological polar surface area (TPSA) is 46.3 Å². The third kappa shape index (κ3) is 4.48. The molecule has 0 aliphatic heterocycles. The fourth-order valence-electron chi connectivity index (χ4n) is 1.54. The van der Waals surface area contributed by atoms with Gasteiger partial charge in [-0.3, -0.25) is 4.79 Å². The SMILES string of the molecule is CC(c1cccs1)N(C)C(=O)CCC(C)(C)N. The smallest absolute Gasteiger partial charge is 0.222 e. The normalized spacial score (nSPS) is 13.5. The summed E-state index contributed by atoms with van der Waals surface area (Å²) >= 11 is 1.68. The molecule has 1 unspecified atom stereocenters. The minimum absolute atomic E-state index is 0.142. The zero-order chi connectivity index (χ0) is 13.1. The Bertz CT molecular complexity index is 354.